The molecular weight excluding hydrogens is 335 g/mol. The number of nitrogens with one attached hydrogen (secondary N) is 1. The molecule has 1 heterocycles. The van der Waals surface area contributed by atoms with Crippen LogP contribution in [-0.4, -0.2) is 16.9 Å². The van der Waals surface area contributed by atoms with E-state index in [1.165, 1.54) is 18.3 Å². The van der Waals surface area contributed by atoms with Crippen molar-refractivity contribution < 1.29 is 22.7 Å². The number of carbonyl (C=O) groups excluding carboxylic acids is 1. The van der Waals surface area contributed by atoms with Crippen LogP contribution in [0.15, 0.2) is 42.6 Å². The third-order valence-electron chi connectivity index (χ3n) is 3.21. The fourth-order valence-electron chi connectivity index (χ4n) is 2.06. The molecule has 0 saturated carbocycles. The molecule has 0 radical (unpaired) electrons. The van der Waals surface area contributed by atoms with Gasteiger partial charge in [0.05, 0.1) is 5.56 Å². The van der Waals surface area contributed by atoms with Crippen LogP contribution in [0.25, 0.3) is 0 Å². The van der Waals surface area contributed by atoms with E-state index in [1.54, 1.807) is 19.1 Å². The first-order chi connectivity index (χ1) is 11.8. The third-order valence-corrected chi connectivity index (χ3v) is 3.21. The Morgan fingerprint density at radius 2 is 2.08 bits per heavy atom. The van der Waals surface area contributed by atoms with Gasteiger partial charge in [-0.3, -0.25) is 4.79 Å². The summed E-state index contributed by atoms with van der Waals surface area (Å²) in [4.78, 5) is 15.7. The lowest BCUT2D eigenvalue weighted by molar-refractivity contribution is -0.137. The molecule has 134 valence electrons. The van der Waals surface area contributed by atoms with Crippen molar-refractivity contribution in [3.63, 3.8) is 0 Å². The molecule has 0 aliphatic heterocycles. The molecule has 8 heteroatoms. The van der Waals surface area contributed by atoms with Gasteiger partial charge in [0.1, 0.15) is 5.75 Å². The molecule has 25 heavy (non-hydrogen) atoms. The van der Waals surface area contributed by atoms with Gasteiger partial charge in [-0.05, 0) is 31.2 Å². The average Bonchev–Trinajstić information content (AvgIpc) is 2.53. The molecule has 1 atom stereocenters. The number of benzene rings is 1. The van der Waals surface area contributed by atoms with Crippen LogP contribution in [0.2, 0.25) is 0 Å². The van der Waals surface area contributed by atoms with Crippen molar-refractivity contribution in [2.75, 3.05) is 0 Å². The lowest BCUT2D eigenvalue weighted by atomic mass is 10.2. The number of nitrogens with two attached hydrogens (primary N) is 1. The van der Waals surface area contributed by atoms with Crippen molar-refractivity contribution in [1.82, 2.24) is 10.3 Å². The van der Waals surface area contributed by atoms with Gasteiger partial charge in [-0.1, -0.05) is 12.1 Å². The molecule has 0 aliphatic carbocycles. The van der Waals surface area contributed by atoms with Gasteiger partial charge in [-0.25, -0.2) is 4.98 Å². The van der Waals surface area contributed by atoms with Gasteiger partial charge in [-0.2, -0.15) is 13.2 Å². The van der Waals surface area contributed by atoms with E-state index in [1.807, 2.05) is 0 Å². The van der Waals surface area contributed by atoms with Gasteiger partial charge in [0.2, 0.25) is 11.8 Å². The molecule has 2 rings (SSSR count). The Bertz CT molecular complexity index is 733. The molecule has 5 nitrogen and oxygen atoms in total. The number of rotatable bonds is 6. The highest BCUT2D eigenvalue weighted by molar-refractivity contribution is 5.76. The van der Waals surface area contributed by atoms with Gasteiger partial charge in [0.25, 0.3) is 0 Å². The quantitative estimate of drug-likeness (QED) is 0.836. The van der Waals surface area contributed by atoms with Crippen molar-refractivity contribution in [2.24, 2.45) is 5.73 Å². The fourth-order valence-corrected chi connectivity index (χ4v) is 2.06. The molecular formula is C17H18F3N3O2. The van der Waals surface area contributed by atoms with Crippen LogP contribution in [0.3, 0.4) is 0 Å². The first-order valence-electron chi connectivity index (χ1n) is 7.57. The summed E-state index contributed by atoms with van der Waals surface area (Å²) in [6, 6.07) is 7.56. The van der Waals surface area contributed by atoms with Gasteiger partial charge in [0.15, 0.2) is 0 Å². The summed E-state index contributed by atoms with van der Waals surface area (Å²) < 4.78 is 43.8. The molecule has 0 aliphatic rings. The maximum absolute atomic E-state index is 12.8. The number of nitrogens with zero attached hydrogens (tertiary/aromatic N) is 1. The highest BCUT2D eigenvalue weighted by Crippen LogP contribution is 2.32. The third kappa shape index (κ3) is 5.75. The summed E-state index contributed by atoms with van der Waals surface area (Å²) in [6.07, 6.45) is -2.83. The number of hydrogen-bond acceptors (Lipinski definition) is 4. The maximum atomic E-state index is 12.8. The fraction of sp³-hybridized carbons (Fsp3) is 0.294. The van der Waals surface area contributed by atoms with Crippen molar-refractivity contribution in [3.05, 3.63) is 53.7 Å². The summed E-state index contributed by atoms with van der Waals surface area (Å²) in [7, 11) is 0. The van der Waals surface area contributed by atoms with E-state index in [0.29, 0.717) is 5.56 Å². The zero-order valence-electron chi connectivity index (χ0n) is 13.5. The number of carbonyl (C=O) groups is 1. The van der Waals surface area contributed by atoms with Crippen LogP contribution >= 0.6 is 0 Å². The molecule has 0 unspecified atom stereocenters. The second-order valence-corrected chi connectivity index (χ2v) is 5.55. The van der Waals surface area contributed by atoms with Crippen LogP contribution in [-0.2, 0) is 17.5 Å². The van der Waals surface area contributed by atoms with E-state index < -0.39 is 11.7 Å². The topological polar surface area (TPSA) is 77.2 Å². The van der Waals surface area contributed by atoms with Crippen molar-refractivity contribution in [2.45, 2.75) is 32.1 Å². The molecule has 1 aromatic carbocycles. The number of hydrogen-bond donors (Lipinski definition) is 2. The zero-order chi connectivity index (χ0) is 18.4. The number of amides is 1. The number of alkyl halides is 3. The van der Waals surface area contributed by atoms with E-state index in [9.17, 15) is 18.0 Å². The lowest BCUT2D eigenvalue weighted by Gasteiger charge is -2.13. The minimum atomic E-state index is -4.46. The first kappa shape index (κ1) is 18.7. The van der Waals surface area contributed by atoms with Crippen LogP contribution in [0.5, 0.6) is 11.6 Å². The Morgan fingerprint density at radius 1 is 1.32 bits per heavy atom. The van der Waals surface area contributed by atoms with Crippen LogP contribution in [0.1, 0.15) is 24.5 Å². The molecule has 2 aromatic rings. The number of aromatic nitrogens is 1. The maximum Gasteiger partial charge on any atom is 0.416 e. The first-order valence-corrected chi connectivity index (χ1v) is 7.57. The summed E-state index contributed by atoms with van der Waals surface area (Å²) in [5.74, 6) is -0.0940. The minimum absolute atomic E-state index is 0.0108. The van der Waals surface area contributed by atoms with Crippen molar-refractivity contribution in [3.8, 4) is 11.6 Å². The standard InChI is InChI=1S/C17H18F3N3O2/c1-11(21)8-15(24)23-10-12-4-3-7-22-16(12)25-14-6-2-5-13(9-14)17(18,19)20/h2-7,9,11H,8,10,21H2,1H3,(H,23,24)/t11-/m1/s1. The number of pyridine rings is 1. The predicted molar refractivity (Wildman–Crippen MR) is 85.9 cm³/mol. The summed E-state index contributed by atoms with van der Waals surface area (Å²) in [5, 5.41) is 2.67. The van der Waals surface area contributed by atoms with E-state index in [-0.39, 0.29) is 36.5 Å². The van der Waals surface area contributed by atoms with E-state index in [0.717, 1.165) is 12.1 Å². The van der Waals surface area contributed by atoms with Crippen molar-refractivity contribution in [1.29, 1.82) is 0 Å². The number of halogens is 3. The largest absolute Gasteiger partial charge is 0.439 e. The normalized spacial score (nSPS) is 12.5. The molecule has 0 spiro atoms. The Hall–Kier alpha value is -2.61. The van der Waals surface area contributed by atoms with Crippen LogP contribution < -0.4 is 15.8 Å². The molecule has 1 aromatic heterocycles. The molecule has 1 amide bonds. The van der Waals surface area contributed by atoms with Crippen molar-refractivity contribution >= 4 is 5.91 Å². The Kier molecular flexibility index (Phi) is 5.97. The van der Waals surface area contributed by atoms with Crippen LogP contribution in [0.4, 0.5) is 13.2 Å². The molecule has 0 bridgehead atoms. The van der Waals surface area contributed by atoms with E-state index in [4.69, 9.17) is 10.5 Å². The highest BCUT2D eigenvalue weighted by Gasteiger charge is 2.30. The highest BCUT2D eigenvalue weighted by atomic mass is 19.4. The summed E-state index contributed by atoms with van der Waals surface area (Å²) >= 11 is 0. The molecule has 0 fully saturated rings. The second kappa shape index (κ2) is 7.98. The summed E-state index contributed by atoms with van der Waals surface area (Å²) in [5.41, 5.74) is 5.28. The minimum Gasteiger partial charge on any atom is -0.439 e. The number of ether oxygens (including phenoxy) is 1. The molecule has 3 N–H and O–H groups in total. The van der Waals surface area contributed by atoms with Crippen LogP contribution in [0, 0.1) is 0 Å². The monoisotopic (exact) mass is 353 g/mol. The van der Waals surface area contributed by atoms with E-state index in [2.05, 4.69) is 10.3 Å². The van der Waals surface area contributed by atoms with Gasteiger partial charge in [-0.15, -0.1) is 0 Å². The average molecular weight is 353 g/mol. The van der Waals surface area contributed by atoms with Gasteiger partial charge < -0.3 is 15.8 Å². The molecule has 0 saturated heterocycles. The smallest absolute Gasteiger partial charge is 0.416 e. The Balaban J connectivity index is 2.12. The summed E-state index contributed by atoms with van der Waals surface area (Å²) in [6.45, 7) is 1.85. The predicted octanol–water partition coefficient (Wildman–Crippen LogP) is 3.25. The second-order valence-electron chi connectivity index (χ2n) is 5.55. The van der Waals surface area contributed by atoms with E-state index >= 15 is 0 Å². The zero-order valence-corrected chi connectivity index (χ0v) is 13.5. The van der Waals surface area contributed by atoms with Gasteiger partial charge in [0, 0.05) is 30.8 Å². The Labute approximate surface area is 143 Å². The SMILES string of the molecule is C[C@@H](N)CC(=O)NCc1cccnc1Oc1cccc(C(F)(F)F)c1. The Morgan fingerprint density at radius 3 is 2.76 bits per heavy atom. The lowest BCUT2D eigenvalue weighted by Crippen LogP contribution is -2.29. The van der Waals surface area contributed by atoms with Gasteiger partial charge >= 0.3 is 6.18 Å².